The van der Waals surface area contributed by atoms with Crippen LogP contribution in [0.1, 0.15) is 23.5 Å². The van der Waals surface area contributed by atoms with E-state index in [1.807, 2.05) is 13.8 Å². The molecule has 0 radical (unpaired) electrons. The van der Waals surface area contributed by atoms with Crippen molar-refractivity contribution in [2.75, 3.05) is 30.7 Å². The third-order valence-electron chi connectivity index (χ3n) is 2.19. The predicted molar refractivity (Wildman–Crippen MR) is 72.5 cm³/mol. The second kappa shape index (κ2) is 6.24. The molecule has 0 fully saturated rings. The molecular formula is C11H18N4OS. The monoisotopic (exact) mass is 254 g/mol. The molecule has 0 saturated heterocycles. The molecule has 94 valence electrons. The largest absolute Gasteiger partial charge is 0.382 e. The first kappa shape index (κ1) is 13.5. The lowest BCUT2D eigenvalue weighted by Gasteiger charge is -2.17. The normalized spacial score (nSPS) is 10.0. The number of aromatic nitrogens is 1. The van der Waals surface area contributed by atoms with Gasteiger partial charge in [0.1, 0.15) is 10.7 Å². The van der Waals surface area contributed by atoms with Gasteiger partial charge in [0.15, 0.2) is 5.13 Å². The molecule has 0 bridgehead atoms. The quantitative estimate of drug-likeness (QED) is 0.759. The molecule has 0 aliphatic rings. The van der Waals surface area contributed by atoms with Crippen LogP contribution in [0.4, 0.5) is 10.9 Å². The Morgan fingerprint density at radius 3 is 2.88 bits per heavy atom. The molecule has 1 amide bonds. The number of anilines is 2. The van der Waals surface area contributed by atoms with Crippen molar-refractivity contribution in [3.8, 4) is 0 Å². The number of nitrogen functional groups attached to an aromatic ring is 1. The van der Waals surface area contributed by atoms with Gasteiger partial charge in [-0.2, -0.15) is 0 Å². The lowest BCUT2D eigenvalue weighted by Crippen LogP contribution is -2.30. The zero-order chi connectivity index (χ0) is 12.8. The summed E-state index contributed by atoms with van der Waals surface area (Å²) in [6.45, 7) is 9.42. The first-order chi connectivity index (χ1) is 8.13. The molecule has 0 aromatic carbocycles. The van der Waals surface area contributed by atoms with Crippen LogP contribution in [0.15, 0.2) is 12.7 Å². The topological polar surface area (TPSA) is 71.2 Å². The number of amides is 1. The van der Waals surface area contributed by atoms with Gasteiger partial charge in [0.2, 0.25) is 0 Å². The van der Waals surface area contributed by atoms with Crippen molar-refractivity contribution in [2.24, 2.45) is 0 Å². The summed E-state index contributed by atoms with van der Waals surface area (Å²) in [5.74, 6) is 0.199. The van der Waals surface area contributed by atoms with Gasteiger partial charge in [-0.3, -0.25) is 4.79 Å². The van der Waals surface area contributed by atoms with Gasteiger partial charge in [-0.05, 0) is 13.8 Å². The Morgan fingerprint density at radius 1 is 1.65 bits per heavy atom. The number of nitrogens with two attached hydrogens (primary N) is 1. The van der Waals surface area contributed by atoms with E-state index in [0.29, 0.717) is 28.9 Å². The van der Waals surface area contributed by atoms with Crippen molar-refractivity contribution >= 4 is 28.2 Å². The molecule has 1 rings (SSSR count). The second-order valence-corrected chi connectivity index (χ2v) is 4.40. The zero-order valence-electron chi connectivity index (χ0n) is 10.2. The molecule has 3 N–H and O–H groups in total. The predicted octanol–water partition coefficient (Wildman–Crippen LogP) is 1.81. The minimum absolute atomic E-state index is 0.0912. The van der Waals surface area contributed by atoms with Crippen LogP contribution < -0.4 is 11.1 Å². The SMILES string of the molecule is C=CCN(CC)C(=O)c1sc(NCC)nc1N. The molecule has 0 atom stereocenters. The maximum atomic E-state index is 12.1. The van der Waals surface area contributed by atoms with Gasteiger partial charge in [0.05, 0.1) is 0 Å². The summed E-state index contributed by atoms with van der Waals surface area (Å²) in [5.41, 5.74) is 5.75. The fourth-order valence-corrected chi connectivity index (χ4v) is 2.29. The van der Waals surface area contributed by atoms with Crippen molar-refractivity contribution in [3.63, 3.8) is 0 Å². The molecule has 5 nitrogen and oxygen atoms in total. The summed E-state index contributed by atoms with van der Waals surface area (Å²) in [6, 6.07) is 0. The molecule has 17 heavy (non-hydrogen) atoms. The lowest BCUT2D eigenvalue weighted by molar-refractivity contribution is 0.0787. The number of nitrogens with one attached hydrogen (secondary N) is 1. The standard InChI is InChI=1S/C11H18N4OS/c1-4-7-15(6-3)10(16)8-9(12)14-11(17-8)13-5-2/h4H,1,5-7,12H2,2-3H3,(H,13,14). The van der Waals surface area contributed by atoms with Crippen molar-refractivity contribution in [1.82, 2.24) is 9.88 Å². The van der Waals surface area contributed by atoms with E-state index in [1.54, 1.807) is 11.0 Å². The molecule has 1 aromatic rings. The van der Waals surface area contributed by atoms with Crippen LogP contribution >= 0.6 is 11.3 Å². The number of carbonyl (C=O) groups excluding carboxylic acids is 1. The van der Waals surface area contributed by atoms with Crippen LogP contribution in [-0.2, 0) is 0 Å². The van der Waals surface area contributed by atoms with E-state index in [1.165, 1.54) is 11.3 Å². The van der Waals surface area contributed by atoms with Gasteiger partial charge in [-0.1, -0.05) is 17.4 Å². The highest BCUT2D eigenvalue weighted by atomic mass is 32.1. The third-order valence-corrected chi connectivity index (χ3v) is 3.21. The summed E-state index contributed by atoms with van der Waals surface area (Å²) in [6.07, 6.45) is 1.70. The summed E-state index contributed by atoms with van der Waals surface area (Å²) in [5, 5.41) is 3.73. The average molecular weight is 254 g/mol. The maximum Gasteiger partial charge on any atom is 0.268 e. The van der Waals surface area contributed by atoms with Gasteiger partial charge in [-0.25, -0.2) is 4.98 Å². The van der Waals surface area contributed by atoms with E-state index in [2.05, 4.69) is 16.9 Å². The van der Waals surface area contributed by atoms with Crippen molar-refractivity contribution in [3.05, 3.63) is 17.5 Å². The number of likely N-dealkylation sites (N-methyl/N-ethyl adjacent to an activating group) is 1. The van der Waals surface area contributed by atoms with E-state index in [0.717, 1.165) is 6.54 Å². The molecule has 0 aliphatic heterocycles. The van der Waals surface area contributed by atoms with Crippen LogP contribution in [0.2, 0.25) is 0 Å². The number of nitrogens with zero attached hydrogens (tertiary/aromatic N) is 2. The highest BCUT2D eigenvalue weighted by Gasteiger charge is 2.20. The molecule has 1 aromatic heterocycles. The Hall–Kier alpha value is -1.56. The van der Waals surface area contributed by atoms with E-state index < -0.39 is 0 Å². The summed E-state index contributed by atoms with van der Waals surface area (Å²) in [4.78, 5) is 18.4. The van der Waals surface area contributed by atoms with E-state index in [9.17, 15) is 4.79 Å². The molecule has 0 spiro atoms. The Morgan fingerprint density at radius 2 is 2.35 bits per heavy atom. The summed E-state index contributed by atoms with van der Waals surface area (Å²) < 4.78 is 0. The highest BCUT2D eigenvalue weighted by Crippen LogP contribution is 2.26. The first-order valence-corrected chi connectivity index (χ1v) is 6.36. The van der Waals surface area contributed by atoms with Crippen molar-refractivity contribution in [1.29, 1.82) is 0 Å². The Balaban J connectivity index is 2.90. The summed E-state index contributed by atoms with van der Waals surface area (Å²) in [7, 11) is 0. The third kappa shape index (κ3) is 3.20. The highest BCUT2D eigenvalue weighted by molar-refractivity contribution is 7.18. The Kier molecular flexibility index (Phi) is 4.96. The zero-order valence-corrected chi connectivity index (χ0v) is 11.0. The van der Waals surface area contributed by atoms with E-state index >= 15 is 0 Å². The van der Waals surface area contributed by atoms with Gasteiger partial charge in [0.25, 0.3) is 5.91 Å². The second-order valence-electron chi connectivity index (χ2n) is 3.40. The van der Waals surface area contributed by atoms with Crippen molar-refractivity contribution in [2.45, 2.75) is 13.8 Å². The molecule has 1 heterocycles. The van der Waals surface area contributed by atoms with Crippen LogP contribution in [-0.4, -0.2) is 35.4 Å². The smallest absolute Gasteiger partial charge is 0.268 e. The van der Waals surface area contributed by atoms with Gasteiger partial charge in [0, 0.05) is 19.6 Å². The van der Waals surface area contributed by atoms with Gasteiger partial charge >= 0.3 is 0 Å². The lowest BCUT2D eigenvalue weighted by atomic mass is 10.4. The fourth-order valence-electron chi connectivity index (χ4n) is 1.37. The maximum absolute atomic E-state index is 12.1. The van der Waals surface area contributed by atoms with Crippen LogP contribution in [0.3, 0.4) is 0 Å². The van der Waals surface area contributed by atoms with Crippen molar-refractivity contribution < 1.29 is 4.79 Å². The molecule has 0 aliphatic carbocycles. The number of hydrogen-bond acceptors (Lipinski definition) is 5. The minimum Gasteiger partial charge on any atom is -0.382 e. The molecular weight excluding hydrogens is 236 g/mol. The van der Waals surface area contributed by atoms with E-state index in [-0.39, 0.29) is 5.91 Å². The average Bonchev–Trinajstić information content (AvgIpc) is 2.67. The van der Waals surface area contributed by atoms with Crippen LogP contribution in [0, 0.1) is 0 Å². The summed E-state index contributed by atoms with van der Waals surface area (Å²) >= 11 is 1.29. The van der Waals surface area contributed by atoms with E-state index in [4.69, 9.17) is 5.73 Å². The number of carbonyl (C=O) groups is 1. The first-order valence-electron chi connectivity index (χ1n) is 5.54. The van der Waals surface area contributed by atoms with Gasteiger partial charge in [-0.15, -0.1) is 6.58 Å². The van der Waals surface area contributed by atoms with Gasteiger partial charge < -0.3 is 16.0 Å². The number of thiazole rings is 1. The fraction of sp³-hybridized carbons (Fsp3) is 0.455. The molecule has 6 heteroatoms. The van der Waals surface area contributed by atoms with Crippen LogP contribution in [0.5, 0.6) is 0 Å². The molecule has 0 saturated carbocycles. The molecule has 0 unspecified atom stereocenters. The number of rotatable bonds is 6. The number of hydrogen-bond donors (Lipinski definition) is 2. The Labute approximate surface area is 105 Å². The minimum atomic E-state index is -0.0912. The Bertz CT molecular complexity index is 402. The van der Waals surface area contributed by atoms with Crippen LogP contribution in [0.25, 0.3) is 0 Å².